The van der Waals surface area contributed by atoms with E-state index < -0.39 is 0 Å². The van der Waals surface area contributed by atoms with E-state index in [9.17, 15) is 9.59 Å². The highest BCUT2D eigenvalue weighted by molar-refractivity contribution is 7.22. The largest absolute Gasteiger partial charge is 0.326 e. The molecule has 0 saturated heterocycles. The molecule has 0 aliphatic rings. The highest BCUT2D eigenvalue weighted by Gasteiger charge is 2.11. The summed E-state index contributed by atoms with van der Waals surface area (Å²) in [6, 6.07) is 10.5. The van der Waals surface area contributed by atoms with Gasteiger partial charge in [-0.2, -0.15) is 0 Å². The number of hydrogen-bond acceptors (Lipinski definition) is 5. The molecule has 7 heteroatoms. The third kappa shape index (κ3) is 3.09. The molecule has 1 aromatic carbocycles. The lowest BCUT2D eigenvalue weighted by Crippen LogP contribution is -2.12. The van der Waals surface area contributed by atoms with Crippen molar-refractivity contribution >= 4 is 44.2 Å². The van der Waals surface area contributed by atoms with Crippen LogP contribution in [0.5, 0.6) is 0 Å². The lowest BCUT2D eigenvalue weighted by Gasteiger charge is -1.99. The van der Waals surface area contributed by atoms with E-state index in [-0.39, 0.29) is 11.8 Å². The first-order chi connectivity index (χ1) is 10.6. The number of thiazole rings is 1. The van der Waals surface area contributed by atoms with Crippen LogP contribution >= 0.6 is 11.3 Å². The normalized spacial score (nSPS) is 10.4. The average Bonchev–Trinajstić information content (AvgIpc) is 2.89. The second kappa shape index (κ2) is 5.90. The molecule has 0 radical (unpaired) electrons. The van der Waals surface area contributed by atoms with Crippen molar-refractivity contribution in [2.75, 3.05) is 10.6 Å². The molecule has 2 N–H and O–H groups in total. The van der Waals surface area contributed by atoms with Gasteiger partial charge in [-0.05, 0) is 30.3 Å². The summed E-state index contributed by atoms with van der Waals surface area (Å²) in [5, 5.41) is 5.93. The van der Waals surface area contributed by atoms with Gasteiger partial charge in [0.05, 0.1) is 10.2 Å². The van der Waals surface area contributed by atoms with Crippen LogP contribution < -0.4 is 10.6 Å². The number of fused-ring (bicyclic) bond motifs is 1. The molecule has 0 bridgehead atoms. The van der Waals surface area contributed by atoms with Crippen LogP contribution in [0.25, 0.3) is 10.2 Å². The zero-order valence-electron chi connectivity index (χ0n) is 11.7. The smallest absolute Gasteiger partial charge is 0.276 e. The van der Waals surface area contributed by atoms with Crippen molar-refractivity contribution < 1.29 is 9.59 Å². The first kappa shape index (κ1) is 14.2. The Morgan fingerprint density at radius 1 is 1.14 bits per heavy atom. The number of carbonyl (C=O) groups is 2. The zero-order valence-corrected chi connectivity index (χ0v) is 12.5. The van der Waals surface area contributed by atoms with E-state index in [1.54, 1.807) is 36.5 Å². The van der Waals surface area contributed by atoms with Crippen molar-refractivity contribution in [3.8, 4) is 0 Å². The predicted octanol–water partition coefficient (Wildman–Crippen LogP) is 2.90. The van der Waals surface area contributed by atoms with Crippen LogP contribution in [0.4, 0.5) is 10.8 Å². The van der Waals surface area contributed by atoms with E-state index in [4.69, 9.17) is 0 Å². The van der Waals surface area contributed by atoms with E-state index in [1.165, 1.54) is 18.3 Å². The molecule has 0 spiro atoms. The number of aromatic nitrogens is 2. The van der Waals surface area contributed by atoms with Crippen LogP contribution in [-0.4, -0.2) is 21.8 Å². The summed E-state index contributed by atoms with van der Waals surface area (Å²) < 4.78 is 0.877. The Kier molecular flexibility index (Phi) is 3.80. The summed E-state index contributed by atoms with van der Waals surface area (Å²) in [5.41, 5.74) is 1.79. The Bertz CT molecular complexity index is 845. The number of hydrogen-bond donors (Lipinski definition) is 2. The topological polar surface area (TPSA) is 84.0 Å². The van der Waals surface area contributed by atoms with E-state index in [2.05, 4.69) is 20.6 Å². The van der Waals surface area contributed by atoms with Gasteiger partial charge in [0.2, 0.25) is 5.91 Å². The van der Waals surface area contributed by atoms with E-state index in [0.717, 1.165) is 10.2 Å². The van der Waals surface area contributed by atoms with Crippen LogP contribution in [0, 0.1) is 0 Å². The highest BCUT2D eigenvalue weighted by Crippen LogP contribution is 2.28. The van der Waals surface area contributed by atoms with Gasteiger partial charge in [-0.3, -0.25) is 19.9 Å². The van der Waals surface area contributed by atoms with Crippen LogP contribution in [0.1, 0.15) is 17.4 Å². The van der Waals surface area contributed by atoms with Gasteiger partial charge < -0.3 is 5.32 Å². The van der Waals surface area contributed by atoms with Gasteiger partial charge in [-0.25, -0.2) is 4.98 Å². The molecule has 0 atom stereocenters. The SMILES string of the molecule is CC(=O)Nc1ccc2nc(NC(=O)c3ccccn3)sc2c1. The molecule has 2 heterocycles. The summed E-state index contributed by atoms with van der Waals surface area (Å²) in [7, 11) is 0. The fourth-order valence-electron chi connectivity index (χ4n) is 1.92. The van der Waals surface area contributed by atoms with Crippen molar-refractivity contribution in [1.82, 2.24) is 9.97 Å². The van der Waals surface area contributed by atoms with Gasteiger partial charge in [-0.15, -0.1) is 0 Å². The Balaban J connectivity index is 1.83. The molecular formula is C15H12N4O2S. The summed E-state index contributed by atoms with van der Waals surface area (Å²) >= 11 is 1.34. The van der Waals surface area contributed by atoms with E-state index in [0.29, 0.717) is 16.5 Å². The molecule has 0 unspecified atom stereocenters. The molecule has 3 rings (SSSR count). The maximum atomic E-state index is 12.0. The monoisotopic (exact) mass is 312 g/mol. The van der Waals surface area contributed by atoms with Crippen molar-refractivity contribution in [2.24, 2.45) is 0 Å². The minimum Gasteiger partial charge on any atom is -0.326 e. The number of benzene rings is 1. The first-order valence-electron chi connectivity index (χ1n) is 6.52. The molecule has 110 valence electrons. The van der Waals surface area contributed by atoms with Gasteiger partial charge in [0, 0.05) is 18.8 Å². The van der Waals surface area contributed by atoms with Crippen LogP contribution in [0.15, 0.2) is 42.6 Å². The number of amides is 2. The standard InChI is InChI=1S/C15H12N4O2S/c1-9(20)17-10-5-6-11-13(8-10)22-15(18-11)19-14(21)12-4-2-3-7-16-12/h2-8H,1H3,(H,17,20)(H,18,19,21). The Hall–Kier alpha value is -2.80. The van der Waals surface area contributed by atoms with Crippen molar-refractivity contribution in [3.05, 3.63) is 48.3 Å². The summed E-state index contributed by atoms with van der Waals surface area (Å²) in [5.74, 6) is -0.436. The molecule has 0 saturated carbocycles. The number of carbonyl (C=O) groups excluding carboxylic acids is 2. The zero-order chi connectivity index (χ0) is 15.5. The lowest BCUT2D eigenvalue weighted by atomic mass is 10.3. The van der Waals surface area contributed by atoms with Gasteiger partial charge in [0.25, 0.3) is 5.91 Å². The van der Waals surface area contributed by atoms with Crippen LogP contribution in [0.3, 0.4) is 0 Å². The fraction of sp³-hybridized carbons (Fsp3) is 0.0667. The van der Waals surface area contributed by atoms with Crippen molar-refractivity contribution in [1.29, 1.82) is 0 Å². The predicted molar refractivity (Wildman–Crippen MR) is 86.1 cm³/mol. The summed E-state index contributed by atoms with van der Waals surface area (Å²) in [6.45, 7) is 1.45. The van der Waals surface area contributed by atoms with Crippen molar-refractivity contribution in [3.63, 3.8) is 0 Å². The molecule has 0 aliphatic heterocycles. The van der Waals surface area contributed by atoms with Crippen molar-refractivity contribution in [2.45, 2.75) is 6.92 Å². The molecular weight excluding hydrogens is 300 g/mol. The quantitative estimate of drug-likeness (QED) is 0.779. The highest BCUT2D eigenvalue weighted by atomic mass is 32.1. The molecule has 2 amide bonds. The number of anilines is 2. The molecule has 2 aromatic heterocycles. The maximum absolute atomic E-state index is 12.0. The van der Waals surface area contributed by atoms with E-state index >= 15 is 0 Å². The van der Waals surface area contributed by atoms with Crippen LogP contribution in [0.2, 0.25) is 0 Å². The van der Waals surface area contributed by atoms with Gasteiger partial charge in [0.1, 0.15) is 5.69 Å². The number of pyridine rings is 1. The molecule has 22 heavy (non-hydrogen) atoms. The Morgan fingerprint density at radius 2 is 2.00 bits per heavy atom. The lowest BCUT2D eigenvalue weighted by molar-refractivity contribution is -0.114. The third-order valence-corrected chi connectivity index (χ3v) is 3.76. The Labute approximate surface area is 130 Å². The van der Waals surface area contributed by atoms with Gasteiger partial charge in [-0.1, -0.05) is 17.4 Å². The number of rotatable bonds is 3. The fourth-order valence-corrected chi connectivity index (χ4v) is 2.82. The first-order valence-corrected chi connectivity index (χ1v) is 7.34. The second-order valence-corrected chi connectivity index (χ2v) is 5.58. The average molecular weight is 312 g/mol. The third-order valence-electron chi connectivity index (χ3n) is 2.83. The molecule has 0 aliphatic carbocycles. The molecule has 6 nitrogen and oxygen atoms in total. The minimum absolute atomic E-state index is 0.132. The second-order valence-electron chi connectivity index (χ2n) is 4.55. The van der Waals surface area contributed by atoms with Gasteiger partial charge >= 0.3 is 0 Å². The van der Waals surface area contributed by atoms with E-state index in [1.807, 2.05) is 6.07 Å². The summed E-state index contributed by atoms with van der Waals surface area (Å²) in [4.78, 5) is 31.4. The Morgan fingerprint density at radius 3 is 2.73 bits per heavy atom. The van der Waals surface area contributed by atoms with Crippen LogP contribution in [-0.2, 0) is 4.79 Å². The number of nitrogens with one attached hydrogen (secondary N) is 2. The molecule has 0 fully saturated rings. The van der Waals surface area contributed by atoms with Gasteiger partial charge in [0.15, 0.2) is 5.13 Å². The minimum atomic E-state index is -0.304. The maximum Gasteiger partial charge on any atom is 0.276 e. The number of nitrogens with zero attached hydrogens (tertiary/aromatic N) is 2. The summed E-state index contributed by atoms with van der Waals surface area (Å²) in [6.07, 6.45) is 1.56. The molecule has 3 aromatic rings.